The van der Waals surface area contributed by atoms with E-state index in [1.165, 1.54) is 31.5 Å². The van der Waals surface area contributed by atoms with Gasteiger partial charge in [-0.25, -0.2) is 22.9 Å². The fraction of sp³-hybridized carbons (Fsp3) is 0.214. The molecule has 3 aromatic heterocycles. The summed E-state index contributed by atoms with van der Waals surface area (Å²) in [7, 11) is -3.61. The molecular formula is C14H10ClF3N4O2S. The zero-order chi connectivity index (χ0) is 18.4. The Morgan fingerprint density at radius 2 is 2.00 bits per heavy atom. The topological polar surface area (TPSA) is 77.2 Å². The third-order valence-electron chi connectivity index (χ3n) is 3.43. The van der Waals surface area contributed by atoms with E-state index in [-0.39, 0.29) is 27.1 Å². The van der Waals surface area contributed by atoms with Crippen molar-refractivity contribution in [3.05, 3.63) is 41.4 Å². The van der Waals surface area contributed by atoms with Crippen LogP contribution in [0.15, 0.2) is 35.5 Å². The predicted octanol–water partition coefficient (Wildman–Crippen LogP) is 3.26. The molecule has 3 aromatic rings. The fourth-order valence-electron chi connectivity index (χ4n) is 2.12. The minimum Gasteiger partial charge on any atom is -0.242 e. The second-order valence-corrected chi connectivity index (χ2v) is 7.66. The Bertz CT molecular complexity index is 1060. The molecule has 0 saturated carbocycles. The summed E-state index contributed by atoms with van der Waals surface area (Å²) in [5.74, 6) is -0.165. The second kappa shape index (κ2) is 5.95. The van der Waals surface area contributed by atoms with E-state index in [4.69, 9.17) is 11.6 Å². The van der Waals surface area contributed by atoms with Crippen LogP contribution < -0.4 is 0 Å². The third kappa shape index (κ3) is 3.31. The van der Waals surface area contributed by atoms with Gasteiger partial charge in [-0.3, -0.25) is 0 Å². The van der Waals surface area contributed by atoms with Gasteiger partial charge in [-0.15, -0.1) is 0 Å². The molecular weight excluding hydrogens is 381 g/mol. The first-order valence-corrected chi connectivity index (χ1v) is 8.97. The molecule has 0 radical (unpaired) electrons. The smallest absolute Gasteiger partial charge is 0.242 e. The van der Waals surface area contributed by atoms with Gasteiger partial charge in [0.2, 0.25) is 0 Å². The van der Waals surface area contributed by atoms with Crippen LogP contribution in [-0.4, -0.2) is 33.8 Å². The van der Waals surface area contributed by atoms with Gasteiger partial charge in [-0.05, 0) is 12.1 Å². The minimum absolute atomic E-state index is 0.0281. The van der Waals surface area contributed by atoms with Gasteiger partial charge < -0.3 is 0 Å². The van der Waals surface area contributed by atoms with Crippen molar-refractivity contribution >= 4 is 27.1 Å². The highest BCUT2D eigenvalue weighted by molar-refractivity contribution is 7.91. The molecule has 0 atom stereocenters. The fourth-order valence-corrected chi connectivity index (χ4v) is 3.50. The number of pyridine rings is 1. The van der Waals surface area contributed by atoms with E-state index in [0.29, 0.717) is 5.56 Å². The number of hydrogen-bond acceptors (Lipinski definition) is 5. The molecule has 0 N–H and O–H groups in total. The van der Waals surface area contributed by atoms with E-state index in [1.807, 2.05) is 0 Å². The maximum absolute atomic E-state index is 12.7. The van der Waals surface area contributed by atoms with Gasteiger partial charge in [-0.1, -0.05) is 18.5 Å². The van der Waals surface area contributed by atoms with Gasteiger partial charge >= 0.3 is 6.18 Å². The molecule has 6 nitrogen and oxygen atoms in total. The monoisotopic (exact) mass is 390 g/mol. The standard InChI is InChI=1S/C14H10ClF3N4O2S/c1-2-25(23,24)10-5-8(7-19-13(10)15)9-3-4-22-12(20-9)6-11(21-22)14(16,17)18/h3-7H,2H2,1H3. The van der Waals surface area contributed by atoms with E-state index < -0.39 is 21.7 Å². The van der Waals surface area contributed by atoms with Crippen LogP contribution in [0, 0.1) is 0 Å². The first-order valence-electron chi connectivity index (χ1n) is 6.94. The Kier molecular flexibility index (Phi) is 4.20. The lowest BCUT2D eigenvalue weighted by molar-refractivity contribution is -0.141. The van der Waals surface area contributed by atoms with Gasteiger partial charge in [0.25, 0.3) is 0 Å². The van der Waals surface area contributed by atoms with E-state index >= 15 is 0 Å². The summed E-state index contributed by atoms with van der Waals surface area (Å²) in [6.07, 6.45) is -1.98. The molecule has 0 spiro atoms. The minimum atomic E-state index is -4.59. The van der Waals surface area contributed by atoms with Gasteiger partial charge in [-0.2, -0.15) is 18.3 Å². The lowest BCUT2D eigenvalue weighted by Crippen LogP contribution is -2.06. The van der Waals surface area contributed by atoms with Crippen LogP contribution in [0.4, 0.5) is 13.2 Å². The summed E-state index contributed by atoms with van der Waals surface area (Å²) in [6.45, 7) is 1.47. The number of nitrogens with zero attached hydrogens (tertiary/aromatic N) is 4. The average molecular weight is 391 g/mol. The molecule has 25 heavy (non-hydrogen) atoms. The highest BCUT2D eigenvalue weighted by Gasteiger charge is 2.34. The molecule has 0 aromatic carbocycles. The Balaban J connectivity index is 2.12. The number of hydrogen-bond donors (Lipinski definition) is 0. The molecule has 3 heterocycles. The molecule has 0 saturated heterocycles. The quantitative estimate of drug-likeness (QED) is 0.641. The maximum Gasteiger partial charge on any atom is 0.435 e. The Morgan fingerprint density at radius 3 is 2.64 bits per heavy atom. The summed E-state index contributed by atoms with van der Waals surface area (Å²) in [6, 6.07) is 3.51. The van der Waals surface area contributed by atoms with Crippen LogP contribution in [0.2, 0.25) is 5.15 Å². The molecule has 11 heteroatoms. The van der Waals surface area contributed by atoms with Gasteiger partial charge in [0, 0.05) is 24.0 Å². The molecule has 0 aliphatic rings. The summed E-state index contributed by atoms with van der Waals surface area (Å²) in [4.78, 5) is 7.77. The van der Waals surface area contributed by atoms with E-state index in [9.17, 15) is 21.6 Å². The molecule has 0 amide bonds. The number of aromatic nitrogens is 4. The molecule has 3 rings (SSSR count). The van der Waals surface area contributed by atoms with Crippen LogP contribution in [0.3, 0.4) is 0 Å². The zero-order valence-electron chi connectivity index (χ0n) is 12.6. The SMILES string of the molecule is CCS(=O)(=O)c1cc(-c2ccn3nc(C(F)(F)F)cc3n2)cnc1Cl. The summed E-state index contributed by atoms with van der Waals surface area (Å²) in [5, 5.41) is 3.23. The van der Waals surface area contributed by atoms with Crippen molar-refractivity contribution in [2.24, 2.45) is 0 Å². The van der Waals surface area contributed by atoms with E-state index in [0.717, 1.165) is 10.6 Å². The summed E-state index contributed by atoms with van der Waals surface area (Å²) >= 11 is 5.85. The first kappa shape index (κ1) is 17.6. The zero-order valence-corrected chi connectivity index (χ0v) is 14.2. The lowest BCUT2D eigenvalue weighted by Gasteiger charge is -2.07. The van der Waals surface area contributed by atoms with Crippen molar-refractivity contribution in [2.45, 2.75) is 18.0 Å². The highest BCUT2D eigenvalue weighted by Crippen LogP contribution is 2.30. The maximum atomic E-state index is 12.7. The molecule has 0 unspecified atom stereocenters. The van der Waals surface area contributed by atoms with Gasteiger partial charge in [0.1, 0.15) is 10.0 Å². The van der Waals surface area contributed by atoms with E-state index in [2.05, 4.69) is 15.1 Å². The molecule has 132 valence electrons. The Morgan fingerprint density at radius 1 is 1.28 bits per heavy atom. The lowest BCUT2D eigenvalue weighted by atomic mass is 10.2. The molecule has 0 aliphatic heterocycles. The van der Waals surface area contributed by atoms with Crippen molar-refractivity contribution in [3.8, 4) is 11.3 Å². The normalized spacial score (nSPS) is 12.7. The number of rotatable bonds is 3. The first-order chi connectivity index (χ1) is 11.6. The van der Waals surface area contributed by atoms with Crippen LogP contribution in [0.25, 0.3) is 16.9 Å². The van der Waals surface area contributed by atoms with Crippen molar-refractivity contribution < 1.29 is 21.6 Å². The second-order valence-electron chi connectivity index (χ2n) is 5.06. The molecule has 0 aliphatic carbocycles. The van der Waals surface area contributed by atoms with E-state index in [1.54, 1.807) is 0 Å². The van der Waals surface area contributed by atoms with Crippen molar-refractivity contribution in [2.75, 3.05) is 5.75 Å². The Hall–Kier alpha value is -2.20. The number of sulfone groups is 1. The largest absolute Gasteiger partial charge is 0.435 e. The number of alkyl halides is 3. The van der Waals surface area contributed by atoms with Crippen molar-refractivity contribution in [1.29, 1.82) is 0 Å². The van der Waals surface area contributed by atoms with Crippen molar-refractivity contribution in [3.63, 3.8) is 0 Å². The highest BCUT2D eigenvalue weighted by atomic mass is 35.5. The molecule has 0 bridgehead atoms. The number of fused-ring (bicyclic) bond motifs is 1. The van der Waals surface area contributed by atoms with Crippen molar-refractivity contribution in [1.82, 2.24) is 19.6 Å². The molecule has 0 fully saturated rings. The van der Waals surface area contributed by atoms with Crippen LogP contribution in [0.5, 0.6) is 0 Å². The van der Waals surface area contributed by atoms with Crippen LogP contribution in [-0.2, 0) is 16.0 Å². The van der Waals surface area contributed by atoms with Gasteiger partial charge in [0.05, 0.1) is 11.4 Å². The average Bonchev–Trinajstić information content (AvgIpc) is 2.98. The third-order valence-corrected chi connectivity index (χ3v) is 5.59. The number of halogens is 4. The predicted molar refractivity (Wildman–Crippen MR) is 84.0 cm³/mol. The van der Waals surface area contributed by atoms with Crippen LogP contribution >= 0.6 is 11.6 Å². The van der Waals surface area contributed by atoms with Gasteiger partial charge in [0.15, 0.2) is 21.2 Å². The Labute approximate surface area is 145 Å². The van der Waals surface area contributed by atoms with Crippen LogP contribution in [0.1, 0.15) is 12.6 Å². The summed E-state index contributed by atoms with van der Waals surface area (Å²) in [5.41, 5.74) is -0.535. The summed E-state index contributed by atoms with van der Waals surface area (Å²) < 4.78 is 63.2.